The van der Waals surface area contributed by atoms with Crippen LogP contribution >= 0.6 is 11.6 Å². The fourth-order valence-corrected chi connectivity index (χ4v) is 1.98. The molecule has 7 heteroatoms. The number of aromatic nitrogens is 1. The summed E-state index contributed by atoms with van der Waals surface area (Å²) in [4.78, 5) is 16.2. The molecule has 0 aliphatic heterocycles. The predicted octanol–water partition coefficient (Wildman–Crippen LogP) is 3.16. The first-order valence-corrected chi connectivity index (χ1v) is 6.65. The van der Waals surface area contributed by atoms with Crippen LogP contribution in [0.3, 0.4) is 0 Å². The van der Waals surface area contributed by atoms with Crippen molar-refractivity contribution in [2.45, 2.75) is 0 Å². The van der Waals surface area contributed by atoms with Gasteiger partial charge in [0.2, 0.25) is 5.82 Å². The van der Waals surface area contributed by atoms with Crippen molar-refractivity contribution in [1.29, 1.82) is 0 Å². The molecule has 0 aliphatic rings. The lowest BCUT2D eigenvalue weighted by Gasteiger charge is -2.18. The number of para-hydroxylation sites is 1. The molecule has 2 aromatic rings. The van der Waals surface area contributed by atoms with Crippen LogP contribution in [0.5, 0.6) is 5.75 Å². The molecule has 0 N–H and O–H groups in total. The Hall–Kier alpha value is -2.34. The van der Waals surface area contributed by atoms with Crippen LogP contribution < -0.4 is 9.64 Å². The molecule has 0 fully saturated rings. The molecule has 0 amide bonds. The molecule has 1 aromatic heterocycles. The van der Waals surface area contributed by atoms with Gasteiger partial charge in [-0.1, -0.05) is 23.7 Å². The van der Waals surface area contributed by atoms with Crippen molar-refractivity contribution in [3.63, 3.8) is 0 Å². The molecule has 0 unspecified atom stereocenters. The van der Waals surface area contributed by atoms with Crippen molar-refractivity contribution in [3.8, 4) is 5.75 Å². The normalized spacial score (nSPS) is 10.2. The number of pyridine rings is 1. The third kappa shape index (κ3) is 3.82. The Kier molecular flexibility index (Phi) is 4.94. The average molecular weight is 308 g/mol. The summed E-state index contributed by atoms with van der Waals surface area (Å²) in [5.41, 5.74) is -0.0299. The topological polar surface area (TPSA) is 68.5 Å². The summed E-state index contributed by atoms with van der Waals surface area (Å²) in [7, 11) is 1.73. The molecule has 6 nitrogen and oxygen atoms in total. The highest BCUT2D eigenvalue weighted by molar-refractivity contribution is 6.32. The molecule has 21 heavy (non-hydrogen) atoms. The van der Waals surface area contributed by atoms with E-state index in [1.807, 2.05) is 12.1 Å². The van der Waals surface area contributed by atoms with Gasteiger partial charge >= 0.3 is 5.69 Å². The molecule has 1 aromatic carbocycles. The Labute approximate surface area is 127 Å². The SMILES string of the molecule is CN(CCOc1ccccc1Cl)c1ncccc1[N+](=O)[O-]. The minimum Gasteiger partial charge on any atom is -0.490 e. The molecular formula is C14H14ClN3O3. The minimum atomic E-state index is -0.451. The maximum atomic E-state index is 11.0. The molecule has 0 saturated carbocycles. The Morgan fingerprint density at radius 1 is 1.33 bits per heavy atom. The maximum Gasteiger partial charge on any atom is 0.311 e. The number of rotatable bonds is 6. The average Bonchev–Trinajstić information content (AvgIpc) is 2.49. The van der Waals surface area contributed by atoms with Gasteiger partial charge in [0, 0.05) is 19.3 Å². The number of benzene rings is 1. The highest BCUT2D eigenvalue weighted by atomic mass is 35.5. The first kappa shape index (κ1) is 15.1. The number of ether oxygens (including phenoxy) is 1. The summed E-state index contributed by atoms with van der Waals surface area (Å²) in [6.45, 7) is 0.789. The van der Waals surface area contributed by atoms with Gasteiger partial charge in [0.25, 0.3) is 0 Å². The molecule has 0 bridgehead atoms. The molecule has 0 radical (unpaired) electrons. The zero-order valence-electron chi connectivity index (χ0n) is 11.4. The van der Waals surface area contributed by atoms with E-state index in [-0.39, 0.29) is 5.69 Å². The lowest BCUT2D eigenvalue weighted by atomic mass is 10.3. The Morgan fingerprint density at radius 3 is 2.81 bits per heavy atom. The number of nitrogens with zero attached hydrogens (tertiary/aromatic N) is 3. The third-order valence-corrected chi connectivity index (χ3v) is 3.16. The second-order valence-corrected chi connectivity index (χ2v) is 4.71. The van der Waals surface area contributed by atoms with Crippen LogP contribution in [-0.2, 0) is 0 Å². The van der Waals surface area contributed by atoms with E-state index in [0.717, 1.165) is 0 Å². The fraction of sp³-hybridized carbons (Fsp3) is 0.214. The summed E-state index contributed by atoms with van der Waals surface area (Å²) in [5.74, 6) is 0.897. The Balaban J connectivity index is 1.98. The molecule has 0 aliphatic carbocycles. The van der Waals surface area contributed by atoms with E-state index >= 15 is 0 Å². The lowest BCUT2D eigenvalue weighted by molar-refractivity contribution is -0.384. The van der Waals surface area contributed by atoms with Crippen LogP contribution in [0.4, 0.5) is 11.5 Å². The summed E-state index contributed by atoms with van der Waals surface area (Å²) in [5, 5.41) is 11.5. The molecule has 0 saturated heterocycles. The summed E-state index contributed by atoms with van der Waals surface area (Å²) in [6, 6.07) is 10.1. The molecule has 2 rings (SSSR count). The smallest absolute Gasteiger partial charge is 0.311 e. The van der Waals surface area contributed by atoms with Gasteiger partial charge in [0.15, 0.2) is 0 Å². The minimum absolute atomic E-state index is 0.0299. The van der Waals surface area contributed by atoms with Crippen LogP contribution in [-0.4, -0.2) is 30.1 Å². The van der Waals surface area contributed by atoms with Gasteiger partial charge in [-0.3, -0.25) is 10.1 Å². The van der Waals surface area contributed by atoms with Crippen molar-refractivity contribution in [2.24, 2.45) is 0 Å². The van der Waals surface area contributed by atoms with Gasteiger partial charge in [0.05, 0.1) is 16.5 Å². The molecule has 0 atom stereocenters. The lowest BCUT2D eigenvalue weighted by Crippen LogP contribution is -2.25. The van der Waals surface area contributed by atoms with Gasteiger partial charge in [-0.25, -0.2) is 4.98 Å². The van der Waals surface area contributed by atoms with Crippen LogP contribution in [0.1, 0.15) is 0 Å². The number of nitro groups is 1. The van der Waals surface area contributed by atoms with Crippen LogP contribution in [0.15, 0.2) is 42.6 Å². The second kappa shape index (κ2) is 6.90. The first-order valence-electron chi connectivity index (χ1n) is 6.27. The van der Waals surface area contributed by atoms with E-state index in [1.165, 1.54) is 18.3 Å². The molecule has 110 valence electrons. The third-order valence-electron chi connectivity index (χ3n) is 2.85. The molecule has 0 spiro atoms. The quantitative estimate of drug-likeness (QED) is 0.605. The number of anilines is 1. The molecule has 1 heterocycles. The van der Waals surface area contributed by atoms with Gasteiger partial charge in [0.1, 0.15) is 12.4 Å². The standard InChI is InChI=1S/C14H14ClN3O3/c1-17(14-12(18(19)20)6-4-8-16-14)9-10-21-13-7-3-2-5-11(13)15/h2-8H,9-10H2,1H3. The highest BCUT2D eigenvalue weighted by Gasteiger charge is 2.17. The van der Waals surface area contributed by atoms with Gasteiger partial charge < -0.3 is 9.64 Å². The zero-order valence-corrected chi connectivity index (χ0v) is 12.2. The summed E-state index contributed by atoms with van der Waals surface area (Å²) >= 11 is 5.98. The van der Waals surface area contributed by atoms with E-state index in [4.69, 9.17) is 16.3 Å². The van der Waals surface area contributed by atoms with Gasteiger partial charge in [-0.2, -0.15) is 0 Å². The van der Waals surface area contributed by atoms with E-state index in [1.54, 1.807) is 24.1 Å². The van der Waals surface area contributed by atoms with Gasteiger partial charge in [-0.15, -0.1) is 0 Å². The van der Waals surface area contributed by atoms with Crippen LogP contribution in [0, 0.1) is 10.1 Å². The van der Waals surface area contributed by atoms with E-state index in [2.05, 4.69) is 4.98 Å². The number of hydrogen-bond acceptors (Lipinski definition) is 5. The van der Waals surface area contributed by atoms with Crippen molar-refractivity contribution >= 4 is 23.1 Å². The van der Waals surface area contributed by atoms with Gasteiger partial charge in [-0.05, 0) is 18.2 Å². The maximum absolute atomic E-state index is 11.0. The second-order valence-electron chi connectivity index (χ2n) is 4.30. The first-order chi connectivity index (χ1) is 10.1. The molecular weight excluding hydrogens is 294 g/mol. The monoisotopic (exact) mass is 307 g/mol. The van der Waals surface area contributed by atoms with E-state index < -0.39 is 4.92 Å². The van der Waals surface area contributed by atoms with E-state index in [0.29, 0.717) is 29.7 Å². The van der Waals surface area contributed by atoms with Crippen molar-refractivity contribution in [1.82, 2.24) is 4.98 Å². The van der Waals surface area contributed by atoms with Crippen molar-refractivity contribution < 1.29 is 9.66 Å². The number of likely N-dealkylation sites (N-methyl/N-ethyl adjacent to an activating group) is 1. The Bertz CT molecular complexity index is 636. The predicted molar refractivity (Wildman–Crippen MR) is 81.1 cm³/mol. The van der Waals surface area contributed by atoms with Crippen LogP contribution in [0.2, 0.25) is 5.02 Å². The highest BCUT2D eigenvalue weighted by Crippen LogP contribution is 2.25. The largest absolute Gasteiger partial charge is 0.490 e. The fourth-order valence-electron chi connectivity index (χ4n) is 1.79. The van der Waals surface area contributed by atoms with Crippen molar-refractivity contribution in [2.75, 3.05) is 25.1 Å². The summed E-state index contributed by atoms with van der Waals surface area (Å²) < 4.78 is 5.56. The van der Waals surface area contributed by atoms with Crippen LogP contribution in [0.25, 0.3) is 0 Å². The Morgan fingerprint density at radius 2 is 2.10 bits per heavy atom. The van der Waals surface area contributed by atoms with E-state index in [9.17, 15) is 10.1 Å². The summed E-state index contributed by atoms with van der Waals surface area (Å²) in [6.07, 6.45) is 1.52. The zero-order chi connectivity index (χ0) is 15.2. The number of hydrogen-bond donors (Lipinski definition) is 0. The van der Waals surface area contributed by atoms with Crippen molar-refractivity contribution in [3.05, 3.63) is 57.7 Å². The number of halogens is 1.